The highest BCUT2D eigenvalue weighted by Gasteiger charge is 2.15. The van der Waals surface area contributed by atoms with Gasteiger partial charge in [-0.1, -0.05) is 42.0 Å². The molecular formula is C13H17ClN2O2S. The molecule has 2 N–H and O–H groups in total. The molecule has 19 heavy (non-hydrogen) atoms. The van der Waals surface area contributed by atoms with Crippen LogP contribution in [0.2, 0.25) is 5.02 Å². The summed E-state index contributed by atoms with van der Waals surface area (Å²) in [5.41, 5.74) is 6.36. The van der Waals surface area contributed by atoms with Gasteiger partial charge in [0.15, 0.2) is 0 Å². The second-order valence-electron chi connectivity index (χ2n) is 4.06. The number of rotatable bonds is 7. The predicted octanol–water partition coefficient (Wildman–Crippen LogP) is 1.99. The molecule has 1 rings (SSSR count). The van der Waals surface area contributed by atoms with E-state index in [-0.39, 0.29) is 12.5 Å². The molecule has 1 aromatic carbocycles. The molecule has 0 heterocycles. The zero-order valence-corrected chi connectivity index (χ0v) is 12.3. The summed E-state index contributed by atoms with van der Waals surface area (Å²) >= 11 is 10.9. The summed E-state index contributed by atoms with van der Waals surface area (Å²) in [6.07, 6.45) is 0.481. The third kappa shape index (κ3) is 5.55. The van der Waals surface area contributed by atoms with Crippen LogP contribution in [-0.2, 0) is 16.1 Å². The third-order valence-electron chi connectivity index (χ3n) is 2.57. The summed E-state index contributed by atoms with van der Waals surface area (Å²) in [4.78, 5) is 14.0. The number of thiocarbonyl (C=S) groups is 1. The zero-order valence-electron chi connectivity index (χ0n) is 10.8. The molecule has 0 aliphatic carbocycles. The minimum Gasteiger partial charge on any atom is -0.393 e. The first-order valence-corrected chi connectivity index (χ1v) is 6.61. The lowest BCUT2D eigenvalue weighted by Gasteiger charge is -2.22. The maximum atomic E-state index is 11.9. The van der Waals surface area contributed by atoms with Gasteiger partial charge in [0.05, 0.1) is 4.99 Å². The molecule has 0 aliphatic rings. The van der Waals surface area contributed by atoms with Crippen LogP contribution in [0.4, 0.5) is 0 Å². The van der Waals surface area contributed by atoms with E-state index < -0.39 is 0 Å². The summed E-state index contributed by atoms with van der Waals surface area (Å²) in [5, 5.41) is 0.632. The molecule has 0 fully saturated rings. The fourth-order valence-corrected chi connectivity index (χ4v) is 1.87. The van der Waals surface area contributed by atoms with Crippen LogP contribution >= 0.6 is 23.8 Å². The Labute approximate surface area is 123 Å². The van der Waals surface area contributed by atoms with E-state index in [4.69, 9.17) is 34.3 Å². The molecule has 0 saturated carbocycles. The van der Waals surface area contributed by atoms with Gasteiger partial charge in [-0.25, -0.2) is 0 Å². The highest BCUT2D eigenvalue weighted by molar-refractivity contribution is 7.80. The van der Waals surface area contributed by atoms with Gasteiger partial charge in [-0.2, -0.15) is 0 Å². The lowest BCUT2D eigenvalue weighted by molar-refractivity contribution is -0.135. The number of benzene rings is 1. The fourth-order valence-electron chi connectivity index (χ4n) is 1.58. The van der Waals surface area contributed by atoms with Crippen molar-refractivity contribution in [1.82, 2.24) is 4.90 Å². The maximum absolute atomic E-state index is 11.9. The molecule has 1 aromatic rings. The number of carbonyl (C=O) groups is 1. The van der Waals surface area contributed by atoms with Crippen molar-refractivity contribution in [2.24, 2.45) is 5.73 Å². The summed E-state index contributed by atoms with van der Waals surface area (Å²) in [7, 11) is 1.49. The Morgan fingerprint density at radius 1 is 1.47 bits per heavy atom. The Hall–Kier alpha value is -1.17. The second kappa shape index (κ2) is 8.09. The first-order chi connectivity index (χ1) is 9.04. The van der Waals surface area contributed by atoms with Crippen LogP contribution < -0.4 is 5.73 Å². The number of methoxy groups -OCH3 is 1. The lowest BCUT2D eigenvalue weighted by atomic mass is 10.2. The van der Waals surface area contributed by atoms with Crippen LogP contribution in [0.25, 0.3) is 0 Å². The van der Waals surface area contributed by atoms with Crippen LogP contribution in [0.3, 0.4) is 0 Å². The molecule has 0 bridgehead atoms. The number of nitrogens with two attached hydrogens (primary N) is 1. The highest BCUT2D eigenvalue weighted by Crippen LogP contribution is 2.17. The van der Waals surface area contributed by atoms with Gasteiger partial charge in [0.1, 0.15) is 6.61 Å². The quantitative estimate of drug-likeness (QED) is 0.783. The Kier molecular flexibility index (Phi) is 6.77. The molecule has 0 unspecified atom stereocenters. The molecule has 4 nitrogen and oxygen atoms in total. The molecule has 0 spiro atoms. The number of hydrogen-bond donors (Lipinski definition) is 1. The van der Waals surface area contributed by atoms with Crippen molar-refractivity contribution in [3.63, 3.8) is 0 Å². The molecule has 0 aliphatic heterocycles. The van der Waals surface area contributed by atoms with Gasteiger partial charge < -0.3 is 15.4 Å². The van der Waals surface area contributed by atoms with Crippen LogP contribution in [-0.4, -0.2) is 36.1 Å². The van der Waals surface area contributed by atoms with Gasteiger partial charge in [-0.3, -0.25) is 4.79 Å². The van der Waals surface area contributed by atoms with Crippen LogP contribution in [0.1, 0.15) is 12.0 Å². The second-order valence-corrected chi connectivity index (χ2v) is 4.99. The predicted molar refractivity (Wildman–Crippen MR) is 80.1 cm³/mol. The molecule has 0 radical (unpaired) electrons. The minimum atomic E-state index is -0.112. The van der Waals surface area contributed by atoms with Crippen LogP contribution in [0.5, 0.6) is 0 Å². The topological polar surface area (TPSA) is 55.6 Å². The maximum Gasteiger partial charge on any atom is 0.248 e. The first kappa shape index (κ1) is 15.9. The Morgan fingerprint density at radius 3 is 2.74 bits per heavy atom. The van der Waals surface area contributed by atoms with E-state index in [1.807, 2.05) is 18.2 Å². The Morgan fingerprint density at radius 2 is 2.16 bits per heavy atom. The van der Waals surface area contributed by atoms with Crippen molar-refractivity contribution in [1.29, 1.82) is 0 Å². The van der Waals surface area contributed by atoms with E-state index in [1.54, 1.807) is 11.0 Å². The van der Waals surface area contributed by atoms with E-state index in [0.29, 0.717) is 29.5 Å². The van der Waals surface area contributed by atoms with Gasteiger partial charge in [0.25, 0.3) is 0 Å². The normalized spacial score (nSPS) is 10.2. The van der Waals surface area contributed by atoms with Crippen molar-refractivity contribution in [3.05, 3.63) is 34.9 Å². The molecular weight excluding hydrogens is 284 g/mol. The standard InChI is InChI=1S/C13H17ClN2O2S/c1-18-9-13(17)16(7-6-12(15)19)8-10-4-2-3-5-11(10)14/h2-5H,6-9H2,1H3,(H2,15,19). The van der Waals surface area contributed by atoms with Gasteiger partial charge in [-0.15, -0.1) is 0 Å². The average molecular weight is 301 g/mol. The molecule has 1 amide bonds. The number of amides is 1. The molecule has 0 saturated heterocycles. The zero-order chi connectivity index (χ0) is 14.3. The smallest absolute Gasteiger partial charge is 0.248 e. The van der Waals surface area contributed by atoms with Crippen molar-refractivity contribution in [2.75, 3.05) is 20.3 Å². The first-order valence-electron chi connectivity index (χ1n) is 5.83. The van der Waals surface area contributed by atoms with E-state index >= 15 is 0 Å². The number of halogens is 1. The van der Waals surface area contributed by atoms with Gasteiger partial charge in [0.2, 0.25) is 5.91 Å². The van der Waals surface area contributed by atoms with Crippen molar-refractivity contribution in [3.8, 4) is 0 Å². The fraction of sp³-hybridized carbons (Fsp3) is 0.385. The third-order valence-corrected chi connectivity index (χ3v) is 3.14. The number of carbonyl (C=O) groups excluding carboxylic acids is 1. The highest BCUT2D eigenvalue weighted by atomic mass is 35.5. The van der Waals surface area contributed by atoms with Gasteiger partial charge in [-0.05, 0) is 11.6 Å². The Balaban J connectivity index is 2.75. The van der Waals surface area contributed by atoms with E-state index in [2.05, 4.69) is 0 Å². The number of hydrogen-bond acceptors (Lipinski definition) is 3. The molecule has 0 aromatic heterocycles. The Bertz CT molecular complexity index is 454. The van der Waals surface area contributed by atoms with Crippen LogP contribution in [0.15, 0.2) is 24.3 Å². The average Bonchev–Trinajstić information content (AvgIpc) is 2.36. The molecule has 104 valence electrons. The van der Waals surface area contributed by atoms with Gasteiger partial charge >= 0.3 is 0 Å². The van der Waals surface area contributed by atoms with E-state index in [1.165, 1.54) is 7.11 Å². The largest absolute Gasteiger partial charge is 0.393 e. The van der Waals surface area contributed by atoms with E-state index in [9.17, 15) is 4.79 Å². The van der Waals surface area contributed by atoms with Crippen LogP contribution in [0, 0.1) is 0 Å². The number of ether oxygens (including phenoxy) is 1. The lowest BCUT2D eigenvalue weighted by Crippen LogP contribution is -2.35. The van der Waals surface area contributed by atoms with Crippen molar-refractivity contribution >= 4 is 34.7 Å². The number of nitrogens with zero attached hydrogens (tertiary/aromatic N) is 1. The van der Waals surface area contributed by atoms with Crippen molar-refractivity contribution < 1.29 is 9.53 Å². The molecule has 0 atom stereocenters. The SMILES string of the molecule is COCC(=O)N(CCC(N)=S)Cc1ccccc1Cl. The minimum absolute atomic E-state index is 0.0295. The van der Waals surface area contributed by atoms with E-state index in [0.717, 1.165) is 5.56 Å². The summed E-state index contributed by atoms with van der Waals surface area (Å²) < 4.78 is 4.87. The summed E-state index contributed by atoms with van der Waals surface area (Å²) in [6.45, 7) is 0.912. The molecule has 6 heteroatoms. The monoisotopic (exact) mass is 300 g/mol. The summed E-state index contributed by atoms with van der Waals surface area (Å²) in [6, 6.07) is 7.41. The summed E-state index contributed by atoms with van der Waals surface area (Å²) in [5.74, 6) is -0.112. The van der Waals surface area contributed by atoms with Gasteiger partial charge in [0, 0.05) is 31.6 Å². The van der Waals surface area contributed by atoms with Crippen molar-refractivity contribution in [2.45, 2.75) is 13.0 Å².